The Hall–Kier alpha value is -3.46. The van der Waals surface area contributed by atoms with Crippen molar-refractivity contribution in [2.24, 2.45) is 11.8 Å². The second-order valence-electron chi connectivity index (χ2n) is 6.95. The summed E-state index contributed by atoms with van der Waals surface area (Å²) >= 11 is 0. The van der Waals surface area contributed by atoms with Crippen molar-refractivity contribution in [2.45, 2.75) is 19.8 Å². The van der Waals surface area contributed by atoms with E-state index >= 15 is 0 Å². The number of nitrogens with zero attached hydrogens (tertiary/aromatic N) is 3. The fourth-order valence-corrected chi connectivity index (χ4v) is 3.37. The lowest BCUT2D eigenvalue weighted by Gasteiger charge is -2.10. The van der Waals surface area contributed by atoms with Crippen LogP contribution in [-0.4, -0.2) is 15.9 Å². The summed E-state index contributed by atoms with van der Waals surface area (Å²) in [5, 5.41) is 13.2. The highest BCUT2D eigenvalue weighted by Gasteiger charge is 2.42. The highest BCUT2D eigenvalue weighted by atomic mass is 16.2. The van der Waals surface area contributed by atoms with Gasteiger partial charge in [0.05, 0.1) is 11.8 Å². The van der Waals surface area contributed by atoms with E-state index in [-0.39, 0.29) is 17.7 Å². The van der Waals surface area contributed by atoms with Crippen LogP contribution in [0, 0.1) is 30.1 Å². The molecule has 2 atom stereocenters. The highest BCUT2D eigenvalue weighted by molar-refractivity contribution is 5.98. The van der Waals surface area contributed by atoms with Crippen molar-refractivity contribution in [3.8, 4) is 17.3 Å². The Kier molecular flexibility index (Phi) is 4.21. The third kappa shape index (κ3) is 3.32. The molecule has 2 heterocycles. The number of rotatable bonds is 4. The number of carbonyl (C=O) groups is 1. The number of aryl methyl sites for hydroxylation is 1. The summed E-state index contributed by atoms with van der Waals surface area (Å²) in [5.41, 5.74) is 9.06. The first-order chi connectivity index (χ1) is 13.1. The predicted molar refractivity (Wildman–Crippen MR) is 105 cm³/mol. The molecule has 0 spiro atoms. The molecule has 1 aliphatic rings. The van der Waals surface area contributed by atoms with Crippen LogP contribution in [0.3, 0.4) is 0 Å². The van der Waals surface area contributed by atoms with E-state index in [9.17, 15) is 4.79 Å². The van der Waals surface area contributed by atoms with Crippen LogP contribution in [0.25, 0.3) is 22.0 Å². The second kappa shape index (κ2) is 6.69. The van der Waals surface area contributed by atoms with Crippen LogP contribution in [0.4, 0.5) is 11.6 Å². The van der Waals surface area contributed by atoms with Gasteiger partial charge in [0, 0.05) is 29.5 Å². The van der Waals surface area contributed by atoms with Crippen LogP contribution in [-0.2, 0) is 4.79 Å². The van der Waals surface area contributed by atoms with Crippen LogP contribution in [0.15, 0.2) is 42.6 Å². The van der Waals surface area contributed by atoms with Gasteiger partial charge < -0.3 is 11.1 Å². The van der Waals surface area contributed by atoms with Crippen LogP contribution in [0.2, 0.25) is 0 Å². The van der Waals surface area contributed by atoms with Gasteiger partial charge in [0.1, 0.15) is 11.6 Å². The number of nitriles is 1. The van der Waals surface area contributed by atoms with Gasteiger partial charge in [-0.1, -0.05) is 24.3 Å². The summed E-state index contributed by atoms with van der Waals surface area (Å²) in [5.74, 6) is 0.891. The van der Waals surface area contributed by atoms with Gasteiger partial charge >= 0.3 is 0 Å². The van der Waals surface area contributed by atoms with Gasteiger partial charge in [0.2, 0.25) is 5.91 Å². The molecule has 27 heavy (non-hydrogen) atoms. The van der Waals surface area contributed by atoms with E-state index in [1.54, 1.807) is 6.20 Å². The molecule has 1 fully saturated rings. The summed E-state index contributed by atoms with van der Waals surface area (Å²) in [6.07, 6.45) is 2.82. The van der Waals surface area contributed by atoms with Crippen LogP contribution < -0.4 is 11.1 Å². The number of amides is 1. The first kappa shape index (κ1) is 17.0. The SMILES string of the molecule is Cc1ccccc1-c1cc2cc(NC(=O)[C@@H]3C[C@H]3CC#N)ncc2c(N)n1. The molecular weight excluding hydrogens is 338 g/mol. The lowest BCUT2D eigenvalue weighted by Crippen LogP contribution is -2.15. The minimum atomic E-state index is -0.0906. The van der Waals surface area contributed by atoms with Gasteiger partial charge in [-0.15, -0.1) is 0 Å². The monoisotopic (exact) mass is 357 g/mol. The number of anilines is 2. The Morgan fingerprint density at radius 3 is 2.96 bits per heavy atom. The Morgan fingerprint density at radius 2 is 2.19 bits per heavy atom. The van der Waals surface area contributed by atoms with E-state index in [4.69, 9.17) is 11.0 Å². The lowest BCUT2D eigenvalue weighted by atomic mass is 10.0. The van der Waals surface area contributed by atoms with Gasteiger partial charge in [-0.2, -0.15) is 5.26 Å². The molecule has 1 saturated carbocycles. The van der Waals surface area contributed by atoms with Crippen molar-refractivity contribution in [3.63, 3.8) is 0 Å². The summed E-state index contributed by atoms with van der Waals surface area (Å²) in [4.78, 5) is 21.1. The Balaban J connectivity index is 1.64. The Bertz CT molecular complexity index is 1090. The van der Waals surface area contributed by atoms with Gasteiger partial charge in [0.25, 0.3) is 0 Å². The third-order valence-corrected chi connectivity index (χ3v) is 5.03. The number of benzene rings is 1. The number of nitrogens with one attached hydrogen (secondary N) is 1. The number of pyridine rings is 2. The molecule has 0 radical (unpaired) electrons. The third-order valence-electron chi connectivity index (χ3n) is 5.03. The van der Waals surface area contributed by atoms with Crippen molar-refractivity contribution < 1.29 is 4.79 Å². The van der Waals surface area contributed by atoms with Crippen molar-refractivity contribution in [3.05, 3.63) is 48.2 Å². The van der Waals surface area contributed by atoms with Crippen molar-refractivity contribution in [1.29, 1.82) is 5.26 Å². The zero-order chi connectivity index (χ0) is 19.0. The predicted octanol–water partition coefficient (Wildman–Crippen LogP) is 3.68. The van der Waals surface area contributed by atoms with E-state index in [0.29, 0.717) is 18.1 Å². The number of aromatic nitrogens is 2. The maximum atomic E-state index is 12.3. The quantitative estimate of drug-likeness (QED) is 0.741. The average molecular weight is 357 g/mol. The minimum absolute atomic E-state index is 0.0803. The number of hydrogen-bond acceptors (Lipinski definition) is 5. The number of carbonyl (C=O) groups excluding carboxylic acids is 1. The molecule has 3 N–H and O–H groups in total. The van der Waals surface area contributed by atoms with Gasteiger partial charge in [-0.3, -0.25) is 4.79 Å². The summed E-state index contributed by atoms with van der Waals surface area (Å²) < 4.78 is 0. The standard InChI is InChI=1S/C21H19N5O/c1-12-4-2-3-5-15(12)18-9-14-10-19(24-11-17(14)20(23)25-18)26-21(27)16-8-13(16)6-7-22/h2-5,9-11,13,16H,6,8H2,1H3,(H2,23,25)(H,24,26,27)/t13-,16-/m1/s1. The smallest absolute Gasteiger partial charge is 0.228 e. The zero-order valence-corrected chi connectivity index (χ0v) is 14.9. The summed E-state index contributed by atoms with van der Waals surface area (Å²) in [6, 6.07) is 13.9. The molecule has 2 aromatic heterocycles. The first-order valence-electron chi connectivity index (χ1n) is 8.87. The minimum Gasteiger partial charge on any atom is -0.383 e. The molecule has 1 aromatic carbocycles. The number of fused-ring (bicyclic) bond motifs is 1. The molecule has 134 valence electrons. The molecule has 1 aliphatic carbocycles. The number of nitrogen functional groups attached to an aromatic ring is 1. The van der Waals surface area contributed by atoms with Gasteiger partial charge in [-0.05, 0) is 42.3 Å². The largest absolute Gasteiger partial charge is 0.383 e. The van der Waals surface area contributed by atoms with E-state index in [0.717, 1.165) is 34.0 Å². The molecule has 0 saturated heterocycles. The molecule has 6 nitrogen and oxygen atoms in total. The van der Waals surface area contributed by atoms with Gasteiger partial charge in [0.15, 0.2) is 0 Å². The Morgan fingerprint density at radius 1 is 1.37 bits per heavy atom. The highest BCUT2D eigenvalue weighted by Crippen LogP contribution is 2.41. The summed E-state index contributed by atoms with van der Waals surface area (Å²) in [6.45, 7) is 2.03. The number of nitrogens with two attached hydrogens (primary N) is 1. The van der Waals surface area contributed by atoms with E-state index in [1.807, 2.05) is 43.3 Å². The van der Waals surface area contributed by atoms with E-state index < -0.39 is 0 Å². The molecule has 6 heteroatoms. The van der Waals surface area contributed by atoms with Crippen LogP contribution in [0.5, 0.6) is 0 Å². The van der Waals surface area contributed by atoms with Crippen LogP contribution >= 0.6 is 0 Å². The average Bonchev–Trinajstić information content (AvgIpc) is 3.41. The molecular formula is C21H19N5O. The maximum absolute atomic E-state index is 12.3. The van der Waals surface area contributed by atoms with Gasteiger partial charge in [-0.25, -0.2) is 9.97 Å². The molecule has 4 rings (SSSR count). The first-order valence-corrected chi connectivity index (χ1v) is 8.87. The topological polar surface area (TPSA) is 105 Å². The van der Waals surface area contributed by atoms with E-state index in [2.05, 4.69) is 21.4 Å². The van der Waals surface area contributed by atoms with Crippen LogP contribution in [0.1, 0.15) is 18.4 Å². The van der Waals surface area contributed by atoms with Crippen molar-refractivity contribution >= 4 is 28.3 Å². The maximum Gasteiger partial charge on any atom is 0.228 e. The number of hydrogen-bond donors (Lipinski definition) is 2. The van der Waals surface area contributed by atoms with E-state index in [1.165, 1.54) is 0 Å². The molecule has 0 aliphatic heterocycles. The fourth-order valence-electron chi connectivity index (χ4n) is 3.37. The fraction of sp³-hybridized carbons (Fsp3) is 0.238. The molecule has 0 bridgehead atoms. The zero-order valence-electron chi connectivity index (χ0n) is 14.9. The molecule has 1 amide bonds. The normalized spacial score (nSPS) is 18.1. The Labute approximate surface area is 157 Å². The van der Waals surface area contributed by atoms with Crippen molar-refractivity contribution in [1.82, 2.24) is 9.97 Å². The summed E-state index contributed by atoms with van der Waals surface area (Å²) in [7, 11) is 0. The molecule has 3 aromatic rings. The lowest BCUT2D eigenvalue weighted by molar-refractivity contribution is -0.117. The second-order valence-corrected chi connectivity index (χ2v) is 6.95. The molecule has 0 unspecified atom stereocenters. The van der Waals surface area contributed by atoms with Crippen molar-refractivity contribution in [2.75, 3.05) is 11.1 Å².